The van der Waals surface area contributed by atoms with Crippen LogP contribution >= 0.6 is 15.9 Å². The van der Waals surface area contributed by atoms with Gasteiger partial charge in [-0.05, 0) is 18.6 Å². The average molecular weight is 310 g/mol. The highest BCUT2D eigenvalue weighted by molar-refractivity contribution is 9.10. The zero-order chi connectivity index (χ0) is 12.9. The SMILES string of the molecule is Cc1c(Br)cc2c(c1-c1cnn(C)c1N)OCO2. The van der Waals surface area contributed by atoms with E-state index in [4.69, 9.17) is 15.2 Å². The Hall–Kier alpha value is -1.69. The highest BCUT2D eigenvalue weighted by Gasteiger charge is 2.25. The Morgan fingerprint density at radius 1 is 1.44 bits per heavy atom. The Balaban J connectivity index is 2.32. The number of hydrogen-bond donors (Lipinski definition) is 1. The third kappa shape index (κ3) is 1.49. The zero-order valence-electron chi connectivity index (χ0n) is 10.0. The van der Waals surface area contributed by atoms with Gasteiger partial charge >= 0.3 is 0 Å². The maximum atomic E-state index is 6.04. The van der Waals surface area contributed by atoms with Crippen molar-refractivity contribution in [2.45, 2.75) is 6.92 Å². The van der Waals surface area contributed by atoms with Gasteiger partial charge in [0.25, 0.3) is 0 Å². The molecule has 2 heterocycles. The minimum Gasteiger partial charge on any atom is -0.454 e. The molecule has 0 aliphatic carbocycles. The second-order valence-corrected chi connectivity index (χ2v) is 5.01. The van der Waals surface area contributed by atoms with E-state index in [1.807, 2.05) is 20.0 Å². The molecule has 18 heavy (non-hydrogen) atoms. The molecule has 0 amide bonds. The Morgan fingerprint density at radius 3 is 2.89 bits per heavy atom. The molecule has 0 spiro atoms. The van der Waals surface area contributed by atoms with E-state index in [9.17, 15) is 0 Å². The standard InChI is InChI=1S/C12H12BrN3O2/c1-6-8(13)3-9-11(18-5-17-9)10(6)7-4-15-16(2)12(7)14/h3-4H,5,14H2,1-2H3. The molecule has 1 aliphatic rings. The molecule has 0 atom stereocenters. The summed E-state index contributed by atoms with van der Waals surface area (Å²) in [7, 11) is 1.81. The predicted molar refractivity (Wildman–Crippen MR) is 71.6 cm³/mol. The summed E-state index contributed by atoms with van der Waals surface area (Å²) >= 11 is 3.52. The Kier molecular flexibility index (Phi) is 2.48. The summed E-state index contributed by atoms with van der Waals surface area (Å²) in [6.45, 7) is 2.24. The molecule has 0 unspecified atom stereocenters. The number of aromatic nitrogens is 2. The van der Waals surface area contributed by atoms with Crippen molar-refractivity contribution < 1.29 is 9.47 Å². The lowest BCUT2D eigenvalue weighted by molar-refractivity contribution is 0.174. The second-order valence-electron chi connectivity index (χ2n) is 4.16. The molecule has 0 bridgehead atoms. The van der Waals surface area contributed by atoms with Crippen LogP contribution in [0.1, 0.15) is 5.56 Å². The number of anilines is 1. The molecule has 1 aromatic heterocycles. The van der Waals surface area contributed by atoms with Crippen LogP contribution in [0.15, 0.2) is 16.7 Å². The summed E-state index contributed by atoms with van der Waals surface area (Å²) in [5.74, 6) is 2.06. The number of hydrogen-bond acceptors (Lipinski definition) is 4. The normalized spacial score (nSPS) is 13.1. The van der Waals surface area contributed by atoms with Crippen molar-refractivity contribution >= 4 is 21.7 Å². The van der Waals surface area contributed by atoms with Crippen molar-refractivity contribution in [2.24, 2.45) is 7.05 Å². The monoisotopic (exact) mass is 309 g/mol. The molecule has 3 rings (SSSR count). The second kappa shape index (κ2) is 3.91. The van der Waals surface area contributed by atoms with Gasteiger partial charge in [-0.1, -0.05) is 15.9 Å². The number of nitrogens with two attached hydrogens (primary N) is 1. The number of halogens is 1. The van der Waals surface area contributed by atoms with Gasteiger partial charge in [0.2, 0.25) is 6.79 Å². The van der Waals surface area contributed by atoms with E-state index in [-0.39, 0.29) is 6.79 Å². The van der Waals surface area contributed by atoms with E-state index in [0.717, 1.165) is 32.7 Å². The topological polar surface area (TPSA) is 62.3 Å². The van der Waals surface area contributed by atoms with Crippen LogP contribution in [0.2, 0.25) is 0 Å². The molecule has 2 aromatic rings. The summed E-state index contributed by atoms with van der Waals surface area (Å²) in [5.41, 5.74) is 8.88. The lowest BCUT2D eigenvalue weighted by Gasteiger charge is -2.11. The number of nitrogen functional groups attached to an aromatic ring is 1. The van der Waals surface area contributed by atoms with Crippen LogP contribution in [0.3, 0.4) is 0 Å². The van der Waals surface area contributed by atoms with E-state index in [1.54, 1.807) is 10.9 Å². The van der Waals surface area contributed by atoms with Gasteiger partial charge in [-0.15, -0.1) is 0 Å². The summed E-state index contributed by atoms with van der Waals surface area (Å²) in [5, 5.41) is 4.17. The smallest absolute Gasteiger partial charge is 0.231 e. The van der Waals surface area contributed by atoms with Crippen LogP contribution < -0.4 is 15.2 Å². The van der Waals surface area contributed by atoms with Crippen LogP contribution in [-0.2, 0) is 7.05 Å². The highest BCUT2D eigenvalue weighted by Crippen LogP contribution is 2.47. The van der Waals surface area contributed by atoms with E-state index < -0.39 is 0 Å². The minimum absolute atomic E-state index is 0.235. The number of benzene rings is 1. The lowest BCUT2D eigenvalue weighted by Crippen LogP contribution is -1.99. The first-order valence-electron chi connectivity index (χ1n) is 5.46. The molecule has 5 nitrogen and oxygen atoms in total. The van der Waals surface area contributed by atoms with Gasteiger partial charge in [0, 0.05) is 22.6 Å². The number of nitrogens with zero attached hydrogens (tertiary/aromatic N) is 2. The molecular formula is C12H12BrN3O2. The van der Waals surface area contributed by atoms with Gasteiger partial charge in [0.05, 0.1) is 6.20 Å². The number of aryl methyl sites for hydroxylation is 1. The molecule has 0 radical (unpaired) electrons. The quantitative estimate of drug-likeness (QED) is 0.879. The molecule has 6 heteroatoms. The molecule has 0 saturated heterocycles. The van der Waals surface area contributed by atoms with Crippen LogP contribution in [0.5, 0.6) is 11.5 Å². The predicted octanol–water partition coefficient (Wildman–Crippen LogP) is 2.47. The molecule has 94 valence electrons. The van der Waals surface area contributed by atoms with Gasteiger partial charge in [0.15, 0.2) is 11.5 Å². The first-order valence-corrected chi connectivity index (χ1v) is 6.25. The Bertz CT molecular complexity index is 637. The fourth-order valence-electron chi connectivity index (χ4n) is 2.07. The molecule has 1 aromatic carbocycles. The minimum atomic E-state index is 0.235. The molecule has 0 fully saturated rings. The Labute approximate surface area is 113 Å². The number of fused-ring (bicyclic) bond motifs is 1. The van der Waals surface area contributed by atoms with Crippen molar-refractivity contribution in [2.75, 3.05) is 12.5 Å². The molecule has 1 aliphatic heterocycles. The average Bonchev–Trinajstić information content (AvgIpc) is 2.91. The van der Waals surface area contributed by atoms with Gasteiger partial charge in [-0.25, -0.2) is 0 Å². The van der Waals surface area contributed by atoms with Crippen molar-refractivity contribution in [3.63, 3.8) is 0 Å². The number of rotatable bonds is 1. The summed E-state index contributed by atoms with van der Waals surface area (Å²) in [6, 6.07) is 1.91. The van der Waals surface area contributed by atoms with Crippen molar-refractivity contribution in [1.82, 2.24) is 9.78 Å². The van der Waals surface area contributed by atoms with Crippen LogP contribution in [-0.4, -0.2) is 16.6 Å². The van der Waals surface area contributed by atoms with E-state index in [1.165, 1.54) is 0 Å². The van der Waals surface area contributed by atoms with E-state index >= 15 is 0 Å². The van der Waals surface area contributed by atoms with Crippen LogP contribution in [0, 0.1) is 6.92 Å². The van der Waals surface area contributed by atoms with Crippen molar-refractivity contribution in [3.05, 3.63) is 22.3 Å². The first kappa shape index (κ1) is 11.4. The van der Waals surface area contributed by atoms with Gasteiger partial charge in [0.1, 0.15) is 5.82 Å². The Morgan fingerprint density at radius 2 is 2.22 bits per heavy atom. The lowest BCUT2D eigenvalue weighted by atomic mass is 10.0. The molecular weight excluding hydrogens is 298 g/mol. The van der Waals surface area contributed by atoms with E-state index in [2.05, 4.69) is 21.0 Å². The van der Waals surface area contributed by atoms with Gasteiger partial charge < -0.3 is 15.2 Å². The van der Waals surface area contributed by atoms with Crippen molar-refractivity contribution in [3.8, 4) is 22.6 Å². The largest absolute Gasteiger partial charge is 0.454 e. The first-order chi connectivity index (χ1) is 8.59. The summed E-state index contributed by atoms with van der Waals surface area (Å²) in [6.07, 6.45) is 1.74. The summed E-state index contributed by atoms with van der Waals surface area (Å²) < 4.78 is 13.6. The fourth-order valence-corrected chi connectivity index (χ4v) is 2.47. The molecule has 2 N–H and O–H groups in total. The number of ether oxygens (including phenoxy) is 2. The van der Waals surface area contributed by atoms with Crippen LogP contribution in [0.4, 0.5) is 5.82 Å². The highest BCUT2D eigenvalue weighted by atomic mass is 79.9. The third-order valence-corrected chi connectivity index (χ3v) is 3.94. The van der Waals surface area contributed by atoms with E-state index in [0.29, 0.717) is 5.82 Å². The van der Waals surface area contributed by atoms with Crippen LogP contribution in [0.25, 0.3) is 11.1 Å². The van der Waals surface area contributed by atoms with Gasteiger partial charge in [-0.3, -0.25) is 4.68 Å². The maximum Gasteiger partial charge on any atom is 0.231 e. The van der Waals surface area contributed by atoms with Gasteiger partial charge in [-0.2, -0.15) is 5.10 Å². The maximum absolute atomic E-state index is 6.04. The fraction of sp³-hybridized carbons (Fsp3) is 0.250. The van der Waals surface area contributed by atoms with Crippen molar-refractivity contribution in [1.29, 1.82) is 0 Å². The third-order valence-electron chi connectivity index (χ3n) is 3.11. The summed E-state index contributed by atoms with van der Waals surface area (Å²) in [4.78, 5) is 0. The molecule has 0 saturated carbocycles. The zero-order valence-corrected chi connectivity index (χ0v) is 11.6.